The number of nitrogens with one attached hydrogen (secondary N) is 1. The molecule has 2 amide bonds. The van der Waals surface area contributed by atoms with Crippen LogP contribution in [0.4, 0.5) is 0 Å². The first-order valence-electron chi connectivity index (χ1n) is 15.0. The van der Waals surface area contributed by atoms with E-state index in [9.17, 15) is 19.5 Å². The number of ether oxygens (including phenoxy) is 3. The number of likely N-dealkylation sites (N-methyl/N-ethyl adjacent to an activating group) is 1. The van der Waals surface area contributed by atoms with Crippen LogP contribution in [0.5, 0.6) is 0 Å². The van der Waals surface area contributed by atoms with E-state index in [1.807, 2.05) is 48.5 Å². The number of aliphatic hydroxyl groups is 1. The normalized spacial score (nSPS) is 21.8. The molecule has 0 saturated carbocycles. The number of benzene rings is 3. The summed E-state index contributed by atoms with van der Waals surface area (Å²) in [6.45, 7) is -0.142. The van der Waals surface area contributed by atoms with Gasteiger partial charge in [0, 0.05) is 48.4 Å². The zero-order chi connectivity index (χ0) is 31.6. The SMILES string of the molecule is CN(C(=O)C1=C[C@H]2OC3(Cc4ccccc4C3)O[C@H]2[C@H](OC(=O)c2cccc(I)c2)C1)[C@H](Cc1ccccc1)C(=O)NCCO. The lowest BCUT2D eigenvalue weighted by Crippen LogP contribution is -2.51. The molecule has 0 aromatic heterocycles. The Hall–Kier alpha value is -3.58. The van der Waals surface area contributed by atoms with Crippen molar-refractivity contribution < 1.29 is 33.7 Å². The monoisotopic (exact) mass is 722 g/mol. The number of aliphatic hydroxyl groups excluding tert-OH is 1. The highest BCUT2D eigenvalue weighted by Gasteiger charge is 2.55. The molecular weight excluding hydrogens is 687 g/mol. The van der Waals surface area contributed by atoms with Gasteiger partial charge in [-0.3, -0.25) is 9.59 Å². The van der Waals surface area contributed by atoms with E-state index >= 15 is 0 Å². The Labute approximate surface area is 275 Å². The van der Waals surface area contributed by atoms with Crippen molar-refractivity contribution >= 4 is 40.4 Å². The van der Waals surface area contributed by atoms with Crippen LogP contribution in [0.3, 0.4) is 0 Å². The van der Waals surface area contributed by atoms with E-state index in [2.05, 4.69) is 40.0 Å². The number of carbonyl (C=O) groups excluding carboxylic acids is 3. The van der Waals surface area contributed by atoms with Crippen molar-refractivity contribution in [2.24, 2.45) is 0 Å². The van der Waals surface area contributed by atoms with Crippen molar-refractivity contribution in [3.05, 3.63) is 116 Å². The van der Waals surface area contributed by atoms with Crippen molar-refractivity contribution in [2.75, 3.05) is 20.2 Å². The van der Waals surface area contributed by atoms with Gasteiger partial charge in [0.15, 0.2) is 5.79 Å². The van der Waals surface area contributed by atoms with Gasteiger partial charge in [0.25, 0.3) is 0 Å². The summed E-state index contributed by atoms with van der Waals surface area (Å²) in [4.78, 5) is 42.1. The van der Waals surface area contributed by atoms with Crippen LogP contribution in [0, 0.1) is 3.57 Å². The largest absolute Gasteiger partial charge is 0.456 e. The van der Waals surface area contributed by atoms with E-state index in [-0.39, 0.29) is 37.8 Å². The predicted molar refractivity (Wildman–Crippen MR) is 174 cm³/mol. The van der Waals surface area contributed by atoms with Gasteiger partial charge in [0.1, 0.15) is 24.4 Å². The second kappa shape index (κ2) is 13.4. The van der Waals surface area contributed by atoms with Crippen molar-refractivity contribution in [1.82, 2.24) is 10.2 Å². The highest BCUT2D eigenvalue weighted by atomic mass is 127. The highest BCUT2D eigenvalue weighted by Crippen LogP contribution is 2.45. The van der Waals surface area contributed by atoms with Gasteiger partial charge < -0.3 is 29.5 Å². The Kier molecular flexibility index (Phi) is 9.36. The number of hydrogen-bond donors (Lipinski definition) is 2. The fourth-order valence-corrected chi connectivity index (χ4v) is 6.92. The molecule has 6 rings (SSSR count). The summed E-state index contributed by atoms with van der Waals surface area (Å²) in [5.41, 5.74) is 3.95. The smallest absolute Gasteiger partial charge is 0.338 e. The molecule has 1 saturated heterocycles. The molecule has 9 nitrogen and oxygen atoms in total. The Morgan fingerprint density at radius 3 is 2.42 bits per heavy atom. The van der Waals surface area contributed by atoms with Gasteiger partial charge in [-0.2, -0.15) is 0 Å². The molecule has 0 bridgehead atoms. The van der Waals surface area contributed by atoms with Crippen LogP contribution in [0.15, 0.2) is 90.5 Å². The maximum atomic E-state index is 14.1. The van der Waals surface area contributed by atoms with Crippen LogP contribution in [-0.2, 0) is 43.1 Å². The van der Waals surface area contributed by atoms with E-state index in [1.54, 1.807) is 31.3 Å². The second-order valence-electron chi connectivity index (χ2n) is 11.7. The molecule has 0 radical (unpaired) electrons. The van der Waals surface area contributed by atoms with E-state index in [0.717, 1.165) is 20.3 Å². The lowest BCUT2D eigenvalue weighted by Gasteiger charge is -2.33. The topological polar surface area (TPSA) is 114 Å². The summed E-state index contributed by atoms with van der Waals surface area (Å²) < 4.78 is 20.2. The number of esters is 1. The number of nitrogens with zero attached hydrogens (tertiary/aromatic N) is 1. The minimum Gasteiger partial charge on any atom is -0.456 e. The third-order valence-electron chi connectivity index (χ3n) is 8.58. The molecule has 234 valence electrons. The first-order chi connectivity index (χ1) is 21.7. The molecule has 0 unspecified atom stereocenters. The molecule has 2 N–H and O–H groups in total. The van der Waals surface area contributed by atoms with E-state index in [4.69, 9.17) is 14.2 Å². The molecular formula is C35H35IN2O7. The Bertz CT molecular complexity index is 1590. The molecule has 3 aromatic rings. The number of fused-ring (bicyclic) bond motifs is 2. The fourth-order valence-electron chi connectivity index (χ4n) is 6.38. The first-order valence-corrected chi connectivity index (χ1v) is 16.1. The van der Waals surface area contributed by atoms with Crippen molar-refractivity contribution in [2.45, 2.75) is 55.8 Å². The molecule has 1 fully saturated rings. The number of halogens is 1. The standard InChI is InChI=1S/C35H35IN2O7/c1-38(28(32(40)37-14-15-39)16-22-8-3-2-4-9-22)33(41)26-18-29(43-34(42)23-12-7-13-27(36)17-23)31-30(19-26)44-35(45-31)20-24-10-5-6-11-25(24)21-35/h2-13,17,19,28-31,39H,14-16,18,20-21H2,1H3,(H,37,40)/t28-,29-,30-,31+/m1/s1. The number of rotatable bonds is 9. The minimum absolute atomic E-state index is 0.0741. The molecule has 10 heteroatoms. The summed E-state index contributed by atoms with van der Waals surface area (Å²) >= 11 is 2.14. The Morgan fingerprint density at radius 1 is 1.02 bits per heavy atom. The zero-order valence-electron chi connectivity index (χ0n) is 24.9. The summed E-state index contributed by atoms with van der Waals surface area (Å²) in [6, 6.07) is 23.8. The lowest BCUT2D eigenvalue weighted by atomic mass is 9.90. The van der Waals surface area contributed by atoms with Gasteiger partial charge in [0.2, 0.25) is 11.8 Å². The Balaban J connectivity index is 1.28. The van der Waals surface area contributed by atoms with Crippen LogP contribution in [0.2, 0.25) is 0 Å². The van der Waals surface area contributed by atoms with Crippen LogP contribution >= 0.6 is 22.6 Å². The number of carbonyl (C=O) groups is 3. The summed E-state index contributed by atoms with van der Waals surface area (Å²) in [5, 5.41) is 12.0. The molecule has 4 atom stereocenters. The highest BCUT2D eigenvalue weighted by molar-refractivity contribution is 14.1. The average Bonchev–Trinajstić information content (AvgIpc) is 3.60. The van der Waals surface area contributed by atoms with Crippen LogP contribution in [-0.4, -0.2) is 78.1 Å². The minimum atomic E-state index is -0.924. The fraction of sp³-hybridized carbons (Fsp3) is 0.343. The number of hydrogen-bond acceptors (Lipinski definition) is 7. The van der Waals surface area contributed by atoms with Crippen molar-refractivity contribution in [3.63, 3.8) is 0 Å². The Morgan fingerprint density at radius 2 is 1.73 bits per heavy atom. The van der Waals surface area contributed by atoms with Crippen LogP contribution in [0.25, 0.3) is 0 Å². The summed E-state index contributed by atoms with van der Waals surface area (Å²) in [7, 11) is 1.59. The van der Waals surface area contributed by atoms with Gasteiger partial charge >= 0.3 is 5.97 Å². The lowest BCUT2D eigenvalue weighted by molar-refractivity contribution is -0.172. The van der Waals surface area contributed by atoms with Gasteiger partial charge in [-0.05, 0) is 63.6 Å². The van der Waals surface area contributed by atoms with Gasteiger partial charge in [0.05, 0.1) is 12.2 Å². The van der Waals surface area contributed by atoms with E-state index < -0.39 is 36.1 Å². The van der Waals surface area contributed by atoms with Gasteiger partial charge in [-0.15, -0.1) is 0 Å². The molecule has 1 aliphatic heterocycles. The molecule has 1 heterocycles. The molecule has 3 aromatic carbocycles. The van der Waals surface area contributed by atoms with Crippen molar-refractivity contribution in [1.29, 1.82) is 0 Å². The first kappa shape index (κ1) is 31.4. The third kappa shape index (κ3) is 6.84. The van der Waals surface area contributed by atoms with Crippen LogP contribution in [0.1, 0.15) is 33.5 Å². The molecule has 3 aliphatic rings. The van der Waals surface area contributed by atoms with Gasteiger partial charge in [-0.1, -0.05) is 60.7 Å². The molecule has 45 heavy (non-hydrogen) atoms. The summed E-state index contributed by atoms with van der Waals surface area (Å²) in [6.07, 6.45) is 1.21. The van der Waals surface area contributed by atoms with E-state index in [1.165, 1.54) is 4.90 Å². The third-order valence-corrected chi connectivity index (χ3v) is 9.25. The maximum Gasteiger partial charge on any atom is 0.338 e. The molecule has 1 spiro atoms. The number of amides is 2. The van der Waals surface area contributed by atoms with E-state index in [0.29, 0.717) is 24.0 Å². The predicted octanol–water partition coefficient (Wildman–Crippen LogP) is 3.60. The van der Waals surface area contributed by atoms with Crippen molar-refractivity contribution in [3.8, 4) is 0 Å². The molecule has 2 aliphatic carbocycles. The van der Waals surface area contributed by atoms with Gasteiger partial charge in [-0.25, -0.2) is 4.79 Å². The summed E-state index contributed by atoms with van der Waals surface area (Å²) in [5.74, 6) is -2.18. The second-order valence-corrected chi connectivity index (χ2v) is 12.9. The average molecular weight is 723 g/mol. The zero-order valence-corrected chi connectivity index (χ0v) is 27.0. The maximum absolute atomic E-state index is 14.1. The van der Waals surface area contributed by atoms with Crippen LogP contribution < -0.4 is 5.32 Å². The quantitative estimate of drug-likeness (QED) is 0.257.